The molecule has 2 saturated heterocycles. The smallest absolute Gasteiger partial charge is 0.289 e. The van der Waals surface area contributed by atoms with Crippen LogP contribution in [0, 0.1) is 0 Å². The van der Waals surface area contributed by atoms with Gasteiger partial charge in [-0.3, -0.25) is 24.3 Å². The predicted octanol–water partition coefficient (Wildman–Crippen LogP) is 2.51. The van der Waals surface area contributed by atoms with Gasteiger partial charge in [-0.1, -0.05) is 24.3 Å². The Morgan fingerprint density at radius 3 is 2.44 bits per heavy atom. The van der Waals surface area contributed by atoms with Crippen molar-refractivity contribution in [3.63, 3.8) is 0 Å². The molecule has 1 atom stereocenters. The Balaban J connectivity index is 1.32. The number of furan rings is 1. The van der Waals surface area contributed by atoms with Gasteiger partial charge in [-0.05, 0) is 36.4 Å². The summed E-state index contributed by atoms with van der Waals surface area (Å²) >= 11 is 0. The molecule has 0 aliphatic carbocycles. The van der Waals surface area contributed by atoms with Gasteiger partial charge in [0.15, 0.2) is 5.76 Å². The number of piperidine rings is 1. The number of hydrogen-bond donors (Lipinski definition) is 1. The maximum atomic E-state index is 13.7. The number of nitrogens with one attached hydrogen (secondary N) is 1. The SMILES string of the molecule is O=C(NCCc1ccccn1)C1COC2(CCN(C(=O)c3ccco3)CC2)N1C(=O)c1ccccc1. The molecule has 1 N–H and O–H groups in total. The fourth-order valence-electron chi connectivity index (χ4n) is 4.88. The summed E-state index contributed by atoms with van der Waals surface area (Å²) in [5.74, 6) is -0.441. The summed E-state index contributed by atoms with van der Waals surface area (Å²) in [6.07, 6.45) is 4.57. The number of nitrogens with zero attached hydrogens (tertiary/aromatic N) is 3. The van der Waals surface area contributed by atoms with E-state index in [0.29, 0.717) is 44.5 Å². The van der Waals surface area contributed by atoms with E-state index in [0.717, 1.165) is 5.69 Å². The van der Waals surface area contributed by atoms with E-state index in [1.54, 1.807) is 52.4 Å². The minimum Gasteiger partial charge on any atom is -0.459 e. The van der Waals surface area contributed by atoms with E-state index in [1.807, 2.05) is 24.3 Å². The van der Waals surface area contributed by atoms with Crippen LogP contribution in [-0.4, -0.2) is 70.5 Å². The van der Waals surface area contributed by atoms with Gasteiger partial charge in [-0.15, -0.1) is 0 Å². The van der Waals surface area contributed by atoms with Crippen LogP contribution >= 0.6 is 0 Å². The molecule has 2 fully saturated rings. The van der Waals surface area contributed by atoms with E-state index in [9.17, 15) is 14.4 Å². The summed E-state index contributed by atoms with van der Waals surface area (Å²) in [7, 11) is 0. The fraction of sp³-hybridized carbons (Fsp3) is 0.333. The summed E-state index contributed by atoms with van der Waals surface area (Å²) in [4.78, 5) is 47.3. The van der Waals surface area contributed by atoms with Gasteiger partial charge in [-0.2, -0.15) is 0 Å². The van der Waals surface area contributed by atoms with Crippen molar-refractivity contribution >= 4 is 17.7 Å². The Hall–Kier alpha value is -3.98. The number of benzene rings is 1. The van der Waals surface area contributed by atoms with Crippen molar-refractivity contribution in [1.29, 1.82) is 0 Å². The van der Waals surface area contributed by atoms with Crippen LogP contribution in [0.1, 0.15) is 39.4 Å². The summed E-state index contributed by atoms with van der Waals surface area (Å²) in [5, 5.41) is 2.95. The molecule has 36 heavy (non-hydrogen) atoms. The molecule has 0 saturated carbocycles. The fourth-order valence-corrected chi connectivity index (χ4v) is 4.88. The zero-order valence-corrected chi connectivity index (χ0v) is 19.8. The minimum atomic E-state index is -0.962. The molecule has 2 aromatic heterocycles. The van der Waals surface area contributed by atoms with E-state index in [-0.39, 0.29) is 30.1 Å². The maximum absolute atomic E-state index is 13.7. The zero-order chi connectivity index (χ0) is 25.0. The third-order valence-electron chi connectivity index (χ3n) is 6.77. The Bertz CT molecular complexity index is 1190. The van der Waals surface area contributed by atoms with Gasteiger partial charge in [-0.25, -0.2) is 0 Å². The second-order valence-corrected chi connectivity index (χ2v) is 8.95. The lowest BCUT2D eigenvalue weighted by molar-refractivity contribution is -0.128. The molecule has 1 spiro atoms. The Morgan fingerprint density at radius 1 is 0.972 bits per heavy atom. The van der Waals surface area contributed by atoms with Crippen molar-refractivity contribution in [3.05, 3.63) is 90.1 Å². The van der Waals surface area contributed by atoms with E-state index in [1.165, 1.54) is 6.26 Å². The summed E-state index contributed by atoms with van der Waals surface area (Å²) in [6, 6.07) is 17.1. The molecule has 186 valence electrons. The standard InChI is InChI=1S/C27H28N4O5/c32-24(29-15-11-21-9-4-5-14-28-21)22-19-36-27(31(22)25(33)20-7-2-1-3-8-20)12-16-30(17-13-27)26(34)23-10-6-18-35-23/h1-10,14,18,22H,11-13,15-17,19H2,(H,29,32). The average Bonchev–Trinajstić information content (AvgIpc) is 3.58. The molecule has 3 aromatic rings. The van der Waals surface area contributed by atoms with Gasteiger partial charge in [0, 0.05) is 56.4 Å². The van der Waals surface area contributed by atoms with Crippen LogP contribution in [0.5, 0.6) is 0 Å². The molecule has 3 amide bonds. The largest absolute Gasteiger partial charge is 0.459 e. The number of amides is 3. The van der Waals surface area contributed by atoms with Gasteiger partial charge in [0.25, 0.3) is 11.8 Å². The van der Waals surface area contributed by atoms with Gasteiger partial charge < -0.3 is 19.4 Å². The molecule has 2 aliphatic rings. The first-order chi connectivity index (χ1) is 17.6. The normalized spacial score (nSPS) is 18.8. The monoisotopic (exact) mass is 488 g/mol. The number of carbonyl (C=O) groups excluding carboxylic acids is 3. The molecule has 4 heterocycles. The molecule has 1 aromatic carbocycles. The minimum absolute atomic E-state index is 0.0973. The molecule has 0 bridgehead atoms. The number of pyridine rings is 1. The molecule has 0 radical (unpaired) electrons. The van der Waals surface area contributed by atoms with Gasteiger partial charge >= 0.3 is 0 Å². The number of carbonyl (C=O) groups is 3. The quantitative estimate of drug-likeness (QED) is 0.572. The first-order valence-electron chi connectivity index (χ1n) is 12.1. The maximum Gasteiger partial charge on any atom is 0.289 e. The van der Waals surface area contributed by atoms with Crippen LogP contribution in [0.4, 0.5) is 0 Å². The molecular formula is C27H28N4O5. The lowest BCUT2D eigenvalue weighted by Crippen LogP contribution is -2.59. The summed E-state index contributed by atoms with van der Waals surface area (Å²) < 4.78 is 11.5. The lowest BCUT2D eigenvalue weighted by atomic mass is 9.96. The topological polar surface area (TPSA) is 105 Å². The van der Waals surface area contributed by atoms with Crippen LogP contribution in [0.25, 0.3) is 0 Å². The highest BCUT2D eigenvalue weighted by molar-refractivity contribution is 5.98. The van der Waals surface area contributed by atoms with E-state index >= 15 is 0 Å². The first-order valence-corrected chi connectivity index (χ1v) is 12.1. The van der Waals surface area contributed by atoms with Gasteiger partial charge in [0.2, 0.25) is 5.91 Å². The molecule has 1 unspecified atom stereocenters. The van der Waals surface area contributed by atoms with E-state index in [4.69, 9.17) is 9.15 Å². The predicted molar refractivity (Wildman–Crippen MR) is 130 cm³/mol. The molecule has 9 heteroatoms. The number of ether oxygens (including phenoxy) is 1. The second kappa shape index (κ2) is 10.3. The highest BCUT2D eigenvalue weighted by atomic mass is 16.5. The lowest BCUT2D eigenvalue weighted by Gasteiger charge is -2.44. The van der Waals surface area contributed by atoms with Gasteiger partial charge in [0.05, 0.1) is 12.9 Å². The van der Waals surface area contributed by atoms with E-state index < -0.39 is 11.8 Å². The Labute approximate surface area is 209 Å². The third kappa shape index (κ3) is 4.74. The molecular weight excluding hydrogens is 460 g/mol. The van der Waals surface area contributed by atoms with Crippen LogP contribution < -0.4 is 5.32 Å². The van der Waals surface area contributed by atoms with Crippen LogP contribution in [0.2, 0.25) is 0 Å². The number of aromatic nitrogens is 1. The van der Waals surface area contributed by atoms with Crippen LogP contribution in [-0.2, 0) is 16.0 Å². The Morgan fingerprint density at radius 2 is 1.75 bits per heavy atom. The summed E-state index contributed by atoms with van der Waals surface area (Å²) in [5.41, 5.74) is 0.404. The molecule has 2 aliphatic heterocycles. The zero-order valence-electron chi connectivity index (χ0n) is 19.8. The number of hydrogen-bond acceptors (Lipinski definition) is 6. The van der Waals surface area contributed by atoms with Crippen LogP contribution in [0.15, 0.2) is 77.5 Å². The third-order valence-corrected chi connectivity index (χ3v) is 6.77. The van der Waals surface area contributed by atoms with Crippen molar-refractivity contribution < 1.29 is 23.5 Å². The molecule has 9 nitrogen and oxygen atoms in total. The van der Waals surface area contributed by atoms with E-state index in [2.05, 4.69) is 10.3 Å². The van der Waals surface area contributed by atoms with Crippen molar-refractivity contribution in [2.75, 3.05) is 26.2 Å². The highest BCUT2D eigenvalue weighted by Gasteiger charge is 2.54. The average molecular weight is 489 g/mol. The number of rotatable bonds is 6. The number of likely N-dealkylation sites (tertiary alicyclic amines) is 1. The van der Waals surface area contributed by atoms with Crippen molar-refractivity contribution in [3.8, 4) is 0 Å². The van der Waals surface area contributed by atoms with Crippen molar-refractivity contribution in [1.82, 2.24) is 20.1 Å². The van der Waals surface area contributed by atoms with Crippen molar-refractivity contribution in [2.45, 2.75) is 31.0 Å². The van der Waals surface area contributed by atoms with Crippen LogP contribution in [0.3, 0.4) is 0 Å². The summed E-state index contributed by atoms with van der Waals surface area (Å²) in [6.45, 7) is 1.26. The molecule has 5 rings (SSSR count). The first kappa shape index (κ1) is 23.7. The highest BCUT2D eigenvalue weighted by Crippen LogP contribution is 2.38. The second-order valence-electron chi connectivity index (χ2n) is 8.95. The van der Waals surface area contributed by atoms with Crippen molar-refractivity contribution in [2.24, 2.45) is 0 Å². The Kier molecular flexibility index (Phi) is 6.81. The van der Waals surface area contributed by atoms with Gasteiger partial charge in [0.1, 0.15) is 11.8 Å².